The van der Waals surface area contributed by atoms with Crippen molar-refractivity contribution in [3.8, 4) is 11.3 Å². The third-order valence-electron chi connectivity index (χ3n) is 4.57. The summed E-state index contributed by atoms with van der Waals surface area (Å²) in [5.74, 6) is 0.563. The van der Waals surface area contributed by atoms with E-state index in [1.54, 1.807) is 6.07 Å². The second-order valence-electron chi connectivity index (χ2n) is 7.19. The Balaban J connectivity index is 2.35. The minimum absolute atomic E-state index is 0.377. The number of hydrogen-bond acceptors (Lipinski definition) is 0. The molecule has 1 heterocycles. The lowest BCUT2D eigenvalue weighted by atomic mass is 9.93. The maximum atomic E-state index is 8.46. The van der Waals surface area contributed by atoms with E-state index in [0.29, 0.717) is 17.7 Å². The Hall–Kier alpha value is -2.15. The quantitative estimate of drug-likeness (QED) is 0.564. The van der Waals surface area contributed by atoms with Gasteiger partial charge in [0.15, 0.2) is 6.17 Å². The summed E-state index contributed by atoms with van der Waals surface area (Å²) in [5.41, 5.74) is 5.06. The Labute approximate surface area is 151 Å². The first-order valence-corrected chi connectivity index (χ1v) is 8.53. The monoisotopic (exact) mass is 322 g/mol. The first-order valence-electron chi connectivity index (χ1n) is 10.5. The maximum absolute atomic E-state index is 8.46. The van der Waals surface area contributed by atoms with Crippen molar-refractivity contribution >= 4 is 10.8 Å². The summed E-state index contributed by atoms with van der Waals surface area (Å²) in [6.07, 6.45) is 1.40. The van der Waals surface area contributed by atoms with Crippen LogP contribution in [0.15, 0.2) is 42.6 Å². The maximum Gasteiger partial charge on any atom is 0.220 e. The van der Waals surface area contributed by atoms with E-state index >= 15 is 0 Å². The van der Waals surface area contributed by atoms with E-state index in [4.69, 9.17) is 5.48 Å². The molecule has 0 saturated heterocycles. The largest absolute Gasteiger partial charge is 0.220 e. The molecule has 1 aromatic heterocycles. The van der Waals surface area contributed by atoms with Gasteiger partial charge in [0.2, 0.25) is 5.69 Å². The van der Waals surface area contributed by atoms with Crippen LogP contribution >= 0.6 is 0 Å². The molecule has 1 heteroatoms. The van der Waals surface area contributed by atoms with Gasteiger partial charge in [0, 0.05) is 10.2 Å². The highest BCUT2D eigenvalue weighted by Gasteiger charge is 2.18. The van der Waals surface area contributed by atoms with Crippen molar-refractivity contribution in [3.05, 3.63) is 64.8 Å². The fraction of sp³-hybridized carbons (Fsp3) is 0.348. The molecule has 124 valence electrons. The van der Waals surface area contributed by atoms with Gasteiger partial charge in [-0.15, -0.1) is 0 Å². The molecular formula is C23H28N+. The van der Waals surface area contributed by atoms with Crippen LogP contribution in [0.4, 0.5) is 0 Å². The molecule has 1 nitrogen and oxygen atoms in total. The van der Waals surface area contributed by atoms with E-state index in [9.17, 15) is 0 Å². The van der Waals surface area contributed by atoms with E-state index in [2.05, 4.69) is 32.0 Å². The van der Waals surface area contributed by atoms with Gasteiger partial charge in [-0.1, -0.05) is 37.6 Å². The summed E-state index contributed by atoms with van der Waals surface area (Å²) >= 11 is 0. The summed E-state index contributed by atoms with van der Waals surface area (Å²) in [6.45, 7) is 6.02. The third-order valence-corrected chi connectivity index (χ3v) is 4.57. The third kappa shape index (κ3) is 3.08. The minimum Gasteiger partial charge on any atom is -0.200 e. The molecule has 0 amide bonds. The first kappa shape index (κ1) is 12.2. The molecule has 3 rings (SSSR count). The molecule has 0 N–H and O–H groups in total. The molecule has 0 fully saturated rings. The van der Waals surface area contributed by atoms with Crippen LogP contribution in [0, 0.1) is 26.6 Å². The van der Waals surface area contributed by atoms with Crippen molar-refractivity contribution in [2.24, 2.45) is 13.0 Å². The van der Waals surface area contributed by atoms with Crippen molar-refractivity contribution in [1.29, 1.82) is 0 Å². The van der Waals surface area contributed by atoms with Gasteiger partial charge in [-0.05, 0) is 67.2 Å². The number of hydrogen-bond donors (Lipinski definition) is 0. The van der Waals surface area contributed by atoms with Crippen molar-refractivity contribution in [3.63, 3.8) is 0 Å². The normalized spacial score (nSPS) is 14.4. The fourth-order valence-electron chi connectivity index (χ4n) is 3.39. The van der Waals surface area contributed by atoms with Gasteiger partial charge < -0.3 is 0 Å². The molecule has 0 aliphatic heterocycles. The fourth-order valence-corrected chi connectivity index (χ4v) is 3.39. The van der Waals surface area contributed by atoms with Gasteiger partial charge in [-0.2, -0.15) is 0 Å². The van der Waals surface area contributed by atoms with E-state index in [0.717, 1.165) is 39.6 Å². The van der Waals surface area contributed by atoms with Crippen molar-refractivity contribution in [2.45, 2.75) is 41.0 Å². The van der Waals surface area contributed by atoms with Gasteiger partial charge in [0.05, 0.1) is 10.9 Å². The highest BCUT2D eigenvalue weighted by molar-refractivity contribution is 5.94. The lowest BCUT2D eigenvalue weighted by Gasteiger charge is -2.12. The van der Waals surface area contributed by atoms with Crippen LogP contribution in [0.2, 0.25) is 0 Å². The van der Waals surface area contributed by atoms with Gasteiger partial charge >= 0.3 is 0 Å². The Morgan fingerprint density at radius 2 is 1.92 bits per heavy atom. The Morgan fingerprint density at radius 3 is 2.62 bits per heavy atom. The topological polar surface area (TPSA) is 3.88 Å². The molecule has 0 bridgehead atoms. The molecule has 24 heavy (non-hydrogen) atoms. The number of aromatic nitrogens is 1. The molecule has 0 aliphatic rings. The molecule has 2 aromatic carbocycles. The zero-order valence-electron chi connectivity index (χ0n) is 19.2. The van der Waals surface area contributed by atoms with E-state index in [1.807, 2.05) is 37.6 Å². The molecular weight excluding hydrogens is 290 g/mol. The highest BCUT2D eigenvalue weighted by atomic mass is 14.9. The highest BCUT2D eigenvalue weighted by Crippen LogP contribution is 2.31. The number of nitrogens with zero attached hydrogens (tertiary/aromatic N) is 1. The van der Waals surface area contributed by atoms with Gasteiger partial charge in [-0.3, -0.25) is 0 Å². The Bertz CT molecular complexity index is 1050. The molecule has 0 atom stereocenters. The van der Waals surface area contributed by atoms with E-state index in [1.165, 1.54) is 5.56 Å². The molecule has 0 aliphatic carbocycles. The van der Waals surface area contributed by atoms with E-state index < -0.39 is 6.85 Å². The average Bonchev–Trinajstić information content (AvgIpc) is 2.57. The van der Waals surface area contributed by atoms with E-state index in [-0.39, 0.29) is 0 Å². The molecule has 3 aromatic rings. The van der Waals surface area contributed by atoms with Crippen molar-refractivity contribution in [1.82, 2.24) is 0 Å². The zero-order chi connectivity index (χ0) is 20.8. The number of rotatable bonds is 3. The number of aryl methyl sites for hydroxylation is 2. The van der Waals surface area contributed by atoms with Crippen LogP contribution < -0.4 is 4.57 Å². The van der Waals surface area contributed by atoms with Crippen molar-refractivity contribution in [2.75, 3.05) is 0 Å². The standard InChI is InChI=1S/C23H28N/c1-15(2)11-19-7-8-21-20(14-19)9-10-24(6)23(21)22-13-16(3)12-17(4)18(22)5/h7-10,12-15H,11H2,1-6H3/q+1/i4D3,10D. The van der Waals surface area contributed by atoms with Crippen LogP contribution in [-0.4, -0.2) is 0 Å². The van der Waals surface area contributed by atoms with Crippen LogP contribution in [0.5, 0.6) is 0 Å². The number of benzene rings is 2. The average molecular weight is 323 g/mol. The lowest BCUT2D eigenvalue weighted by Crippen LogP contribution is -2.30. The predicted molar refractivity (Wildman–Crippen MR) is 103 cm³/mol. The first-order chi connectivity index (χ1) is 13.0. The van der Waals surface area contributed by atoms with Crippen LogP contribution in [-0.2, 0) is 13.5 Å². The summed E-state index contributed by atoms with van der Waals surface area (Å²) in [5, 5.41) is 2.06. The van der Waals surface area contributed by atoms with Crippen LogP contribution in [0.25, 0.3) is 22.0 Å². The number of fused-ring (bicyclic) bond motifs is 1. The summed E-state index contributed by atoms with van der Waals surface area (Å²) in [6, 6.07) is 12.1. The van der Waals surface area contributed by atoms with Gasteiger partial charge in [-0.25, -0.2) is 4.57 Å². The smallest absolute Gasteiger partial charge is 0.200 e. The van der Waals surface area contributed by atoms with Crippen LogP contribution in [0.3, 0.4) is 0 Å². The number of pyridine rings is 1. The molecule has 0 unspecified atom stereocenters. The summed E-state index contributed by atoms with van der Waals surface area (Å²) < 4.78 is 34.0. The Kier molecular flexibility index (Phi) is 3.26. The zero-order valence-corrected chi connectivity index (χ0v) is 15.2. The summed E-state index contributed by atoms with van der Waals surface area (Å²) in [4.78, 5) is 0. The Morgan fingerprint density at radius 1 is 1.12 bits per heavy atom. The second kappa shape index (κ2) is 6.39. The molecule has 0 radical (unpaired) electrons. The van der Waals surface area contributed by atoms with Gasteiger partial charge in [0.25, 0.3) is 0 Å². The summed E-state index contributed by atoms with van der Waals surface area (Å²) in [7, 11) is 1.87. The second-order valence-corrected chi connectivity index (χ2v) is 7.19. The van der Waals surface area contributed by atoms with Crippen LogP contribution in [0.1, 0.15) is 41.6 Å². The predicted octanol–water partition coefficient (Wildman–Crippen LogP) is 5.46. The lowest BCUT2D eigenvalue weighted by molar-refractivity contribution is -0.659. The minimum atomic E-state index is -2.16. The van der Waals surface area contributed by atoms with Crippen molar-refractivity contribution < 1.29 is 10.1 Å². The molecule has 0 saturated carbocycles. The SMILES string of the molecule is [2H]c1cc2cc(CC(C)C)ccc2c(-c2cc(C)cc(C([2H])([2H])[2H])c2C)[n+]1C. The van der Waals surface area contributed by atoms with Gasteiger partial charge in [0.1, 0.15) is 8.42 Å². The molecule has 0 spiro atoms.